The van der Waals surface area contributed by atoms with E-state index in [1.807, 2.05) is 24.3 Å². The number of carbonyl (C=O) groups excluding carboxylic acids is 4. The first-order chi connectivity index (χ1) is 17.1. The molecule has 0 unspecified atom stereocenters. The first-order valence-corrected chi connectivity index (χ1v) is 11.7. The standard InChI is InChI=1S/C26H27N3O7/c1-26(2,11-23(31)32)10-22(30)27-16-9-19-24(33)28-18-5-3-14(7-17(18)25(34)29(19)12-16)15-4-6-20-21(8-15)36-13-35-20/h3-8,16,19H,9-13H2,1-2H3,(H,27,30)(H,28,33)(H,31,32)/p-1/t16-,19-/m0/s1. The highest BCUT2D eigenvalue weighted by molar-refractivity contribution is 6.11. The van der Waals surface area contributed by atoms with Gasteiger partial charge in [0.1, 0.15) is 6.04 Å². The number of nitrogens with one attached hydrogen (secondary N) is 2. The summed E-state index contributed by atoms with van der Waals surface area (Å²) in [5.41, 5.74) is 1.65. The van der Waals surface area contributed by atoms with Gasteiger partial charge in [-0.15, -0.1) is 0 Å². The van der Waals surface area contributed by atoms with E-state index in [4.69, 9.17) is 9.47 Å². The Hall–Kier alpha value is -4.08. The molecular weight excluding hydrogens is 466 g/mol. The average molecular weight is 493 g/mol. The fraction of sp³-hybridized carbons (Fsp3) is 0.385. The average Bonchev–Trinajstić information content (AvgIpc) is 3.42. The van der Waals surface area contributed by atoms with Crippen molar-refractivity contribution in [1.29, 1.82) is 0 Å². The van der Waals surface area contributed by atoms with Gasteiger partial charge in [0.2, 0.25) is 18.6 Å². The predicted molar refractivity (Wildman–Crippen MR) is 126 cm³/mol. The molecule has 3 amide bonds. The number of hydrogen-bond acceptors (Lipinski definition) is 7. The van der Waals surface area contributed by atoms with Crippen LogP contribution in [0, 0.1) is 5.41 Å². The van der Waals surface area contributed by atoms with Crippen molar-refractivity contribution >= 4 is 29.4 Å². The second-order valence-electron chi connectivity index (χ2n) is 10.2. The van der Waals surface area contributed by atoms with Gasteiger partial charge < -0.3 is 34.9 Å². The van der Waals surface area contributed by atoms with Gasteiger partial charge in [0.25, 0.3) is 5.91 Å². The zero-order chi connectivity index (χ0) is 25.6. The van der Waals surface area contributed by atoms with Crippen LogP contribution in [0.4, 0.5) is 5.69 Å². The highest BCUT2D eigenvalue weighted by Gasteiger charge is 2.43. The Morgan fingerprint density at radius 1 is 1.08 bits per heavy atom. The Bertz CT molecular complexity index is 1270. The molecule has 3 aliphatic rings. The van der Waals surface area contributed by atoms with Crippen LogP contribution >= 0.6 is 0 Å². The molecule has 3 aliphatic heterocycles. The predicted octanol–water partition coefficient (Wildman–Crippen LogP) is 1.29. The van der Waals surface area contributed by atoms with Gasteiger partial charge in [-0.05, 0) is 53.6 Å². The summed E-state index contributed by atoms with van der Waals surface area (Å²) >= 11 is 0. The van der Waals surface area contributed by atoms with Crippen molar-refractivity contribution in [2.75, 3.05) is 18.7 Å². The van der Waals surface area contributed by atoms with Crippen LogP contribution < -0.4 is 25.2 Å². The molecule has 0 bridgehead atoms. The summed E-state index contributed by atoms with van der Waals surface area (Å²) in [5, 5.41) is 16.6. The van der Waals surface area contributed by atoms with E-state index in [2.05, 4.69) is 10.6 Å². The van der Waals surface area contributed by atoms with E-state index in [-0.39, 0.29) is 50.3 Å². The number of amides is 3. The Labute approximate surface area is 207 Å². The van der Waals surface area contributed by atoms with Crippen molar-refractivity contribution in [3.8, 4) is 22.6 Å². The molecule has 0 aromatic heterocycles. The molecule has 1 fully saturated rings. The minimum Gasteiger partial charge on any atom is -0.550 e. The van der Waals surface area contributed by atoms with Crippen molar-refractivity contribution in [2.45, 2.75) is 45.2 Å². The zero-order valence-corrected chi connectivity index (χ0v) is 20.0. The molecule has 36 heavy (non-hydrogen) atoms. The van der Waals surface area contributed by atoms with Crippen molar-refractivity contribution in [2.24, 2.45) is 5.41 Å². The zero-order valence-electron chi connectivity index (χ0n) is 20.0. The number of fused-ring (bicyclic) bond motifs is 3. The minimum absolute atomic E-state index is 0.00991. The van der Waals surface area contributed by atoms with E-state index in [0.29, 0.717) is 22.7 Å². The fourth-order valence-corrected chi connectivity index (χ4v) is 5.04. The summed E-state index contributed by atoms with van der Waals surface area (Å²) in [5.74, 6) is -0.877. The van der Waals surface area contributed by atoms with Crippen LogP contribution in [0.2, 0.25) is 0 Å². The van der Waals surface area contributed by atoms with E-state index in [0.717, 1.165) is 11.1 Å². The van der Waals surface area contributed by atoms with E-state index in [1.54, 1.807) is 26.0 Å². The highest BCUT2D eigenvalue weighted by Crippen LogP contribution is 2.38. The largest absolute Gasteiger partial charge is 0.550 e. The molecule has 0 radical (unpaired) electrons. The molecule has 10 heteroatoms. The highest BCUT2D eigenvalue weighted by atomic mass is 16.7. The number of carboxylic acids is 1. The third kappa shape index (κ3) is 4.58. The molecule has 0 saturated carbocycles. The molecule has 2 aromatic carbocycles. The summed E-state index contributed by atoms with van der Waals surface area (Å²) in [6.07, 6.45) is 0.0144. The van der Waals surface area contributed by atoms with Crippen LogP contribution in [0.1, 0.15) is 43.5 Å². The first kappa shape index (κ1) is 23.7. The van der Waals surface area contributed by atoms with Crippen molar-refractivity contribution in [1.82, 2.24) is 10.2 Å². The van der Waals surface area contributed by atoms with Crippen LogP contribution in [0.25, 0.3) is 11.1 Å². The maximum absolute atomic E-state index is 13.5. The second-order valence-corrected chi connectivity index (χ2v) is 10.2. The van der Waals surface area contributed by atoms with Crippen molar-refractivity contribution in [3.63, 3.8) is 0 Å². The monoisotopic (exact) mass is 492 g/mol. The number of benzene rings is 2. The maximum atomic E-state index is 13.5. The molecule has 2 N–H and O–H groups in total. The number of hydrogen-bond donors (Lipinski definition) is 2. The summed E-state index contributed by atoms with van der Waals surface area (Å²) in [6, 6.07) is 9.67. The number of carbonyl (C=O) groups is 4. The molecule has 1 saturated heterocycles. The number of nitrogens with zero attached hydrogens (tertiary/aromatic N) is 1. The van der Waals surface area contributed by atoms with Crippen LogP contribution in [-0.4, -0.2) is 54.0 Å². The number of rotatable bonds is 6. The summed E-state index contributed by atoms with van der Waals surface area (Å²) < 4.78 is 10.8. The SMILES string of the molecule is CC(C)(CC(=O)[O-])CC(=O)N[C@H]1C[C@H]2C(=O)Nc3ccc(-c4ccc5c(c4)OCO5)cc3C(=O)N2C1. The quantitative estimate of drug-likeness (QED) is 0.620. The Morgan fingerprint density at radius 3 is 2.58 bits per heavy atom. The van der Waals surface area contributed by atoms with Gasteiger partial charge in [-0.25, -0.2) is 0 Å². The van der Waals surface area contributed by atoms with Gasteiger partial charge in [-0.1, -0.05) is 26.0 Å². The van der Waals surface area contributed by atoms with Gasteiger partial charge in [0.05, 0.1) is 11.3 Å². The number of aliphatic carboxylic acids is 1. The number of carboxylic acid groups (broad SMARTS) is 1. The van der Waals surface area contributed by atoms with Crippen LogP contribution in [0.3, 0.4) is 0 Å². The van der Waals surface area contributed by atoms with Gasteiger partial charge in [0, 0.05) is 25.0 Å². The summed E-state index contributed by atoms with van der Waals surface area (Å²) in [7, 11) is 0. The van der Waals surface area contributed by atoms with Crippen LogP contribution in [-0.2, 0) is 14.4 Å². The normalized spacial score (nSPS) is 20.3. The second kappa shape index (κ2) is 8.85. The lowest BCUT2D eigenvalue weighted by Crippen LogP contribution is -2.41. The number of anilines is 1. The van der Waals surface area contributed by atoms with E-state index in [9.17, 15) is 24.3 Å². The molecule has 10 nitrogen and oxygen atoms in total. The van der Waals surface area contributed by atoms with Crippen molar-refractivity contribution < 1.29 is 33.8 Å². The van der Waals surface area contributed by atoms with Gasteiger partial charge in [-0.2, -0.15) is 0 Å². The van der Waals surface area contributed by atoms with E-state index >= 15 is 0 Å². The Balaban J connectivity index is 1.33. The van der Waals surface area contributed by atoms with Gasteiger partial charge in [0.15, 0.2) is 11.5 Å². The van der Waals surface area contributed by atoms with Crippen LogP contribution in [0.5, 0.6) is 11.5 Å². The fourth-order valence-electron chi connectivity index (χ4n) is 5.04. The van der Waals surface area contributed by atoms with E-state index < -0.39 is 23.5 Å². The lowest BCUT2D eigenvalue weighted by atomic mass is 9.85. The molecular formula is C26H26N3O7-. The maximum Gasteiger partial charge on any atom is 0.256 e. The summed E-state index contributed by atoms with van der Waals surface area (Å²) in [6.45, 7) is 3.69. The van der Waals surface area contributed by atoms with Gasteiger partial charge in [-0.3, -0.25) is 14.4 Å². The first-order valence-electron chi connectivity index (χ1n) is 11.7. The molecule has 0 spiro atoms. The van der Waals surface area contributed by atoms with E-state index in [1.165, 1.54) is 4.90 Å². The lowest BCUT2D eigenvalue weighted by Gasteiger charge is -2.25. The molecule has 3 heterocycles. The third-order valence-corrected chi connectivity index (χ3v) is 6.71. The smallest absolute Gasteiger partial charge is 0.256 e. The molecule has 2 atom stereocenters. The molecule has 5 rings (SSSR count). The minimum atomic E-state index is -1.22. The Kier molecular flexibility index (Phi) is 5.82. The summed E-state index contributed by atoms with van der Waals surface area (Å²) in [4.78, 5) is 51.5. The Morgan fingerprint density at radius 2 is 1.81 bits per heavy atom. The molecule has 2 aromatic rings. The van der Waals surface area contributed by atoms with Crippen LogP contribution in [0.15, 0.2) is 36.4 Å². The topological polar surface area (TPSA) is 137 Å². The van der Waals surface area contributed by atoms with Gasteiger partial charge >= 0.3 is 0 Å². The molecule has 188 valence electrons. The van der Waals surface area contributed by atoms with Crippen molar-refractivity contribution in [3.05, 3.63) is 42.0 Å². The third-order valence-electron chi connectivity index (χ3n) is 6.71. The number of ether oxygens (including phenoxy) is 2. The molecule has 0 aliphatic carbocycles. The lowest BCUT2D eigenvalue weighted by molar-refractivity contribution is -0.307.